The van der Waals surface area contributed by atoms with E-state index in [1.165, 1.54) is 10.7 Å². The van der Waals surface area contributed by atoms with Crippen LogP contribution in [0.3, 0.4) is 0 Å². The van der Waals surface area contributed by atoms with Crippen molar-refractivity contribution in [3.05, 3.63) is 64.9 Å². The summed E-state index contributed by atoms with van der Waals surface area (Å²) in [4.78, 5) is 4.33. The van der Waals surface area contributed by atoms with Gasteiger partial charge in [-0.3, -0.25) is 5.41 Å². The number of nitrogens with one attached hydrogen (secondary N) is 2. The van der Waals surface area contributed by atoms with Crippen LogP contribution in [0.1, 0.15) is 0 Å². The Labute approximate surface area is 136 Å². The van der Waals surface area contributed by atoms with Gasteiger partial charge in [-0.05, 0) is 24.3 Å². The molecule has 0 bridgehead atoms. The molecule has 0 spiro atoms. The number of halogens is 2. The first-order chi connectivity index (χ1) is 11.0. The summed E-state index contributed by atoms with van der Waals surface area (Å²) >= 11 is 5.89. The predicted molar refractivity (Wildman–Crippen MR) is 87.0 cm³/mol. The lowest BCUT2D eigenvalue weighted by Crippen LogP contribution is -2.24. The first kappa shape index (κ1) is 15.2. The molecule has 7 heteroatoms. The number of hydrogen-bond donors (Lipinski definition) is 2. The monoisotopic (exact) mass is 329 g/mol. The highest BCUT2D eigenvalue weighted by atomic mass is 35.5. The third-order valence-electron chi connectivity index (χ3n) is 3.25. The van der Waals surface area contributed by atoms with Gasteiger partial charge < -0.3 is 5.32 Å². The van der Waals surface area contributed by atoms with Crippen molar-refractivity contribution in [1.82, 2.24) is 14.8 Å². The lowest BCUT2D eigenvalue weighted by molar-refractivity contribution is 0.630. The van der Waals surface area contributed by atoms with Crippen LogP contribution in [0.15, 0.2) is 48.5 Å². The molecule has 1 heterocycles. The van der Waals surface area contributed by atoms with E-state index in [4.69, 9.17) is 17.0 Å². The largest absolute Gasteiger partial charge is 0.320 e. The molecule has 0 unspecified atom stereocenters. The topological polar surface area (TPSA) is 66.6 Å². The van der Waals surface area contributed by atoms with Gasteiger partial charge in [0.25, 0.3) is 0 Å². The molecular formula is C16H13ClFN5. The Morgan fingerprint density at radius 2 is 1.83 bits per heavy atom. The summed E-state index contributed by atoms with van der Waals surface area (Å²) in [5.74, 6) is -0.194. The van der Waals surface area contributed by atoms with E-state index >= 15 is 0 Å². The first-order valence-electron chi connectivity index (χ1n) is 6.82. The Morgan fingerprint density at radius 3 is 2.52 bits per heavy atom. The third-order valence-corrected chi connectivity index (χ3v) is 3.50. The second-order valence-electron chi connectivity index (χ2n) is 4.87. The van der Waals surface area contributed by atoms with Gasteiger partial charge in [0.1, 0.15) is 11.5 Å². The normalized spacial score (nSPS) is 10.6. The fourth-order valence-corrected chi connectivity index (χ4v) is 2.20. The van der Waals surface area contributed by atoms with Gasteiger partial charge in [0.05, 0.1) is 5.69 Å². The fourth-order valence-electron chi connectivity index (χ4n) is 2.07. The molecule has 3 aromatic rings. The van der Waals surface area contributed by atoms with Crippen LogP contribution in [0, 0.1) is 11.2 Å². The highest BCUT2D eigenvalue weighted by Gasteiger charge is 2.10. The molecule has 5 nitrogen and oxygen atoms in total. The third kappa shape index (κ3) is 3.22. The van der Waals surface area contributed by atoms with Gasteiger partial charge in [0, 0.05) is 17.6 Å². The van der Waals surface area contributed by atoms with Crippen molar-refractivity contribution in [3.63, 3.8) is 0 Å². The molecule has 0 saturated carbocycles. The molecule has 23 heavy (non-hydrogen) atoms. The molecule has 2 N–H and O–H groups in total. The van der Waals surface area contributed by atoms with E-state index in [-0.39, 0.29) is 17.1 Å². The first-order valence-corrected chi connectivity index (χ1v) is 7.20. The molecule has 2 aromatic carbocycles. The zero-order valence-electron chi connectivity index (χ0n) is 12.2. The van der Waals surface area contributed by atoms with Gasteiger partial charge in [-0.2, -0.15) is 0 Å². The lowest BCUT2D eigenvalue weighted by Gasteiger charge is -2.10. The molecule has 3 rings (SSSR count). The number of aryl methyl sites for hydroxylation is 1. The number of anilines is 2. The standard InChI is InChI=1S/C16H13ClFN5/c1-23-15(19)14(10-6-8-11(17)9-7-10)21-16(22-23)20-13-5-3-2-4-12(13)18/h2-9,19H,1H3,(H,20,22). The maximum atomic E-state index is 13.7. The van der Waals surface area contributed by atoms with Crippen molar-refractivity contribution in [2.24, 2.45) is 7.05 Å². The van der Waals surface area contributed by atoms with E-state index in [0.29, 0.717) is 10.7 Å². The highest BCUT2D eigenvalue weighted by Crippen LogP contribution is 2.20. The zero-order valence-corrected chi connectivity index (χ0v) is 13.0. The number of aromatic nitrogens is 3. The van der Waals surface area contributed by atoms with Gasteiger partial charge in [-0.1, -0.05) is 35.9 Å². The maximum absolute atomic E-state index is 13.7. The van der Waals surface area contributed by atoms with Gasteiger partial charge in [-0.15, -0.1) is 5.10 Å². The van der Waals surface area contributed by atoms with Crippen LogP contribution in [-0.4, -0.2) is 14.8 Å². The van der Waals surface area contributed by atoms with Crippen molar-refractivity contribution < 1.29 is 4.39 Å². The molecule has 0 radical (unpaired) electrons. The van der Waals surface area contributed by atoms with Crippen LogP contribution < -0.4 is 10.8 Å². The molecule has 0 saturated heterocycles. The van der Waals surface area contributed by atoms with Crippen LogP contribution >= 0.6 is 11.6 Å². The van der Waals surface area contributed by atoms with Crippen molar-refractivity contribution >= 4 is 23.2 Å². The number of benzene rings is 2. The summed E-state index contributed by atoms with van der Waals surface area (Å²) in [6.45, 7) is 0. The van der Waals surface area contributed by atoms with E-state index in [1.807, 2.05) is 0 Å². The van der Waals surface area contributed by atoms with E-state index in [2.05, 4.69) is 15.4 Å². The minimum atomic E-state index is -0.401. The predicted octanol–water partition coefficient (Wildman–Crippen LogP) is 3.50. The Kier molecular flexibility index (Phi) is 4.08. The number of para-hydroxylation sites is 1. The van der Waals surface area contributed by atoms with Crippen molar-refractivity contribution in [2.45, 2.75) is 0 Å². The second-order valence-corrected chi connectivity index (χ2v) is 5.30. The summed E-state index contributed by atoms with van der Waals surface area (Å²) in [6, 6.07) is 13.3. The smallest absolute Gasteiger partial charge is 0.245 e. The Morgan fingerprint density at radius 1 is 1.13 bits per heavy atom. The van der Waals surface area contributed by atoms with Crippen molar-refractivity contribution in [1.29, 1.82) is 5.41 Å². The molecule has 0 atom stereocenters. The van der Waals surface area contributed by atoms with Crippen LogP contribution in [0.4, 0.5) is 16.0 Å². The van der Waals surface area contributed by atoms with E-state index in [1.54, 1.807) is 49.5 Å². The molecular weight excluding hydrogens is 317 g/mol. The van der Waals surface area contributed by atoms with Gasteiger partial charge in [0.2, 0.25) is 5.95 Å². The van der Waals surface area contributed by atoms with Crippen LogP contribution in [0.5, 0.6) is 0 Å². The average molecular weight is 330 g/mol. The lowest BCUT2D eigenvalue weighted by atomic mass is 10.1. The van der Waals surface area contributed by atoms with Gasteiger partial charge >= 0.3 is 0 Å². The van der Waals surface area contributed by atoms with Crippen LogP contribution in [0.25, 0.3) is 11.3 Å². The quantitative estimate of drug-likeness (QED) is 0.773. The average Bonchev–Trinajstić information content (AvgIpc) is 2.54. The SMILES string of the molecule is Cn1nc(Nc2ccccc2F)nc(-c2ccc(Cl)cc2)c1=N. The molecule has 0 amide bonds. The molecule has 0 fully saturated rings. The number of nitrogens with zero attached hydrogens (tertiary/aromatic N) is 3. The second kappa shape index (κ2) is 6.18. The maximum Gasteiger partial charge on any atom is 0.245 e. The Hall–Kier alpha value is -2.73. The Bertz CT molecular complexity index is 905. The summed E-state index contributed by atoms with van der Waals surface area (Å²) in [5, 5.41) is 15.7. The van der Waals surface area contributed by atoms with E-state index in [0.717, 1.165) is 5.56 Å². The van der Waals surface area contributed by atoms with Crippen molar-refractivity contribution in [3.8, 4) is 11.3 Å². The summed E-state index contributed by atoms with van der Waals surface area (Å²) in [5.41, 5.74) is 1.57. The molecule has 0 aliphatic rings. The minimum absolute atomic E-state index is 0.145. The molecule has 116 valence electrons. The van der Waals surface area contributed by atoms with Crippen LogP contribution in [0.2, 0.25) is 5.02 Å². The van der Waals surface area contributed by atoms with Gasteiger partial charge in [-0.25, -0.2) is 14.1 Å². The Balaban J connectivity index is 2.05. The number of rotatable bonds is 3. The summed E-state index contributed by atoms with van der Waals surface area (Å²) < 4.78 is 15.1. The fraction of sp³-hybridized carbons (Fsp3) is 0.0625. The summed E-state index contributed by atoms with van der Waals surface area (Å²) in [7, 11) is 1.63. The molecule has 0 aliphatic heterocycles. The zero-order chi connectivity index (χ0) is 16.4. The van der Waals surface area contributed by atoms with Gasteiger partial charge in [0.15, 0.2) is 5.49 Å². The van der Waals surface area contributed by atoms with E-state index < -0.39 is 5.82 Å². The minimum Gasteiger partial charge on any atom is -0.320 e. The number of hydrogen-bond acceptors (Lipinski definition) is 4. The summed E-state index contributed by atoms with van der Waals surface area (Å²) in [6.07, 6.45) is 0. The van der Waals surface area contributed by atoms with Crippen molar-refractivity contribution in [2.75, 3.05) is 5.32 Å². The van der Waals surface area contributed by atoms with E-state index in [9.17, 15) is 4.39 Å². The highest BCUT2D eigenvalue weighted by molar-refractivity contribution is 6.30. The molecule has 1 aromatic heterocycles. The molecule has 0 aliphatic carbocycles. The van der Waals surface area contributed by atoms with Crippen LogP contribution in [-0.2, 0) is 7.05 Å².